The van der Waals surface area contributed by atoms with Gasteiger partial charge in [0.15, 0.2) is 0 Å². The molecule has 0 spiro atoms. The lowest BCUT2D eigenvalue weighted by atomic mass is 10.1. The van der Waals surface area contributed by atoms with Crippen LogP contribution in [0.2, 0.25) is 0 Å². The summed E-state index contributed by atoms with van der Waals surface area (Å²) in [6.45, 7) is 4.33. The van der Waals surface area contributed by atoms with E-state index in [-0.39, 0.29) is 6.10 Å². The highest BCUT2D eigenvalue weighted by Crippen LogP contribution is 2.18. The first-order valence-corrected chi connectivity index (χ1v) is 6.91. The molecule has 3 heteroatoms. The first-order chi connectivity index (χ1) is 5.60. The van der Waals surface area contributed by atoms with E-state index >= 15 is 0 Å². The Kier molecular flexibility index (Phi) is 7.49. The van der Waals surface area contributed by atoms with Crippen LogP contribution in [0.4, 0.5) is 0 Å². The molecule has 1 nitrogen and oxygen atoms in total. The van der Waals surface area contributed by atoms with Gasteiger partial charge in [0, 0.05) is 10.5 Å². The number of thioether (sulfide) groups is 2. The second-order valence-corrected chi connectivity index (χ2v) is 5.77. The minimum absolute atomic E-state index is 0.116. The minimum atomic E-state index is -0.116. The molecular weight excluding hydrogens is 188 g/mol. The van der Waals surface area contributed by atoms with Crippen LogP contribution in [0.5, 0.6) is 0 Å². The van der Waals surface area contributed by atoms with Crippen molar-refractivity contribution in [1.29, 1.82) is 0 Å². The molecule has 0 heterocycles. The van der Waals surface area contributed by atoms with Gasteiger partial charge in [-0.15, -0.1) is 0 Å². The third kappa shape index (κ3) is 6.21. The molecule has 2 unspecified atom stereocenters. The molecule has 0 aliphatic carbocycles. The molecule has 0 aromatic carbocycles. The van der Waals surface area contributed by atoms with Crippen LogP contribution in [0, 0.1) is 0 Å². The Labute approximate surface area is 84.7 Å². The van der Waals surface area contributed by atoms with Crippen molar-refractivity contribution in [1.82, 2.24) is 0 Å². The van der Waals surface area contributed by atoms with Gasteiger partial charge in [0.2, 0.25) is 0 Å². The van der Waals surface area contributed by atoms with E-state index in [0.29, 0.717) is 10.5 Å². The predicted molar refractivity (Wildman–Crippen MR) is 61.2 cm³/mol. The number of aliphatic hydroxyl groups is 1. The Morgan fingerprint density at radius 1 is 1.00 bits per heavy atom. The molecule has 0 rings (SSSR count). The second kappa shape index (κ2) is 7.10. The summed E-state index contributed by atoms with van der Waals surface area (Å²) in [5.41, 5.74) is 0. The van der Waals surface area contributed by atoms with Crippen LogP contribution in [0.25, 0.3) is 0 Å². The smallest absolute Gasteiger partial charge is 0.0561 e. The maximum atomic E-state index is 9.63. The van der Waals surface area contributed by atoms with Crippen LogP contribution in [0.15, 0.2) is 0 Å². The average Bonchev–Trinajstić information content (AvgIpc) is 2.03. The summed E-state index contributed by atoms with van der Waals surface area (Å²) >= 11 is 3.64. The molecule has 0 aromatic heterocycles. The first kappa shape index (κ1) is 12.7. The van der Waals surface area contributed by atoms with E-state index in [1.807, 2.05) is 23.5 Å². The van der Waals surface area contributed by atoms with Crippen molar-refractivity contribution in [3.05, 3.63) is 0 Å². The van der Waals surface area contributed by atoms with Gasteiger partial charge in [-0.05, 0) is 25.4 Å². The second-order valence-electron chi connectivity index (χ2n) is 3.22. The van der Waals surface area contributed by atoms with E-state index in [0.717, 1.165) is 12.8 Å². The van der Waals surface area contributed by atoms with Gasteiger partial charge in [0.05, 0.1) is 6.10 Å². The summed E-state index contributed by atoms with van der Waals surface area (Å²) in [4.78, 5) is 0. The lowest BCUT2D eigenvalue weighted by Crippen LogP contribution is -2.17. The van der Waals surface area contributed by atoms with Gasteiger partial charge in [-0.2, -0.15) is 23.5 Å². The maximum absolute atomic E-state index is 9.63. The van der Waals surface area contributed by atoms with Crippen molar-refractivity contribution in [2.75, 3.05) is 12.5 Å². The molecule has 0 saturated carbocycles. The lowest BCUT2D eigenvalue weighted by Gasteiger charge is -2.17. The molecule has 0 aliphatic rings. The molecule has 0 radical (unpaired) electrons. The van der Waals surface area contributed by atoms with Crippen molar-refractivity contribution < 1.29 is 5.11 Å². The molecule has 74 valence electrons. The fraction of sp³-hybridized carbons (Fsp3) is 1.00. The summed E-state index contributed by atoms with van der Waals surface area (Å²) in [6, 6.07) is 0. The molecule has 0 fully saturated rings. The van der Waals surface area contributed by atoms with Crippen LogP contribution in [0.1, 0.15) is 26.7 Å². The number of rotatable bonds is 6. The van der Waals surface area contributed by atoms with Gasteiger partial charge in [-0.1, -0.05) is 13.8 Å². The molecule has 12 heavy (non-hydrogen) atoms. The Bertz CT molecular complexity index is 96.7. The normalized spacial score (nSPS) is 18.8. The van der Waals surface area contributed by atoms with Gasteiger partial charge < -0.3 is 5.11 Å². The molecule has 1 N–H and O–H groups in total. The van der Waals surface area contributed by atoms with Gasteiger partial charge >= 0.3 is 0 Å². The van der Waals surface area contributed by atoms with E-state index < -0.39 is 0 Å². The Morgan fingerprint density at radius 3 is 1.58 bits per heavy atom. The van der Waals surface area contributed by atoms with Gasteiger partial charge in [-0.3, -0.25) is 0 Å². The highest BCUT2D eigenvalue weighted by atomic mass is 32.2. The summed E-state index contributed by atoms with van der Waals surface area (Å²) in [5, 5.41) is 10.8. The van der Waals surface area contributed by atoms with E-state index in [9.17, 15) is 5.11 Å². The van der Waals surface area contributed by atoms with Crippen molar-refractivity contribution in [2.45, 2.75) is 43.3 Å². The van der Waals surface area contributed by atoms with Gasteiger partial charge in [0.25, 0.3) is 0 Å². The molecular formula is C9H20OS2. The number of hydrogen-bond acceptors (Lipinski definition) is 3. The quantitative estimate of drug-likeness (QED) is 0.724. The Balaban J connectivity index is 3.51. The Morgan fingerprint density at radius 2 is 1.33 bits per heavy atom. The highest BCUT2D eigenvalue weighted by molar-refractivity contribution is 7.99. The van der Waals surface area contributed by atoms with Crippen LogP contribution in [-0.2, 0) is 0 Å². The average molecular weight is 208 g/mol. The van der Waals surface area contributed by atoms with Gasteiger partial charge in [-0.25, -0.2) is 0 Å². The molecule has 0 aromatic rings. The maximum Gasteiger partial charge on any atom is 0.0561 e. The number of hydrogen-bond donors (Lipinski definition) is 1. The largest absolute Gasteiger partial charge is 0.393 e. The zero-order valence-electron chi connectivity index (χ0n) is 8.41. The van der Waals surface area contributed by atoms with Crippen LogP contribution in [-0.4, -0.2) is 34.2 Å². The highest BCUT2D eigenvalue weighted by Gasteiger charge is 2.12. The molecule has 0 amide bonds. The fourth-order valence-electron chi connectivity index (χ4n) is 1.05. The van der Waals surface area contributed by atoms with E-state index in [2.05, 4.69) is 26.4 Å². The summed E-state index contributed by atoms with van der Waals surface area (Å²) in [5.74, 6) is 0. The SMILES string of the molecule is CSC(C)CC(O)CC(C)SC. The standard InChI is InChI=1S/C9H20OS2/c1-7(11-3)5-9(10)6-8(2)12-4/h7-10H,5-6H2,1-4H3. The Hall–Kier alpha value is 0.660. The summed E-state index contributed by atoms with van der Waals surface area (Å²) in [6.07, 6.45) is 5.91. The zero-order valence-corrected chi connectivity index (χ0v) is 10.0. The van der Waals surface area contributed by atoms with E-state index in [4.69, 9.17) is 0 Å². The van der Waals surface area contributed by atoms with Crippen molar-refractivity contribution in [3.63, 3.8) is 0 Å². The first-order valence-electron chi connectivity index (χ1n) is 4.33. The summed E-state index contributed by atoms with van der Waals surface area (Å²) in [7, 11) is 0. The van der Waals surface area contributed by atoms with Crippen molar-refractivity contribution in [3.8, 4) is 0 Å². The molecule has 0 saturated heterocycles. The monoisotopic (exact) mass is 208 g/mol. The molecule has 2 atom stereocenters. The summed E-state index contributed by atoms with van der Waals surface area (Å²) < 4.78 is 0. The third-order valence-corrected chi connectivity index (χ3v) is 4.01. The fourth-order valence-corrected chi connectivity index (χ4v) is 1.88. The van der Waals surface area contributed by atoms with E-state index in [1.165, 1.54) is 0 Å². The van der Waals surface area contributed by atoms with Gasteiger partial charge in [0.1, 0.15) is 0 Å². The zero-order chi connectivity index (χ0) is 9.56. The van der Waals surface area contributed by atoms with E-state index in [1.54, 1.807) is 0 Å². The molecule has 0 aliphatic heterocycles. The molecule has 0 bridgehead atoms. The van der Waals surface area contributed by atoms with Crippen LogP contribution < -0.4 is 0 Å². The number of aliphatic hydroxyl groups excluding tert-OH is 1. The topological polar surface area (TPSA) is 20.2 Å². The lowest BCUT2D eigenvalue weighted by molar-refractivity contribution is 0.156. The van der Waals surface area contributed by atoms with Crippen molar-refractivity contribution >= 4 is 23.5 Å². The third-order valence-electron chi connectivity index (χ3n) is 2.01. The minimum Gasteiger partial charge on any atom is -0.393 e. The van der Waals surface area contributed by atoms with Crippen molar-refractivity contribution in [2.24, 2.45) is 0 Å². The van der Waals surface area contributed by atoms with Crippen LogP contribution >= 0.6 is 23.5 Å². The van der Waals surface area contributed by atoms with Crippen LogP contribution in [0.3, 0.4) is 0 Å². The predicted octanol–water partition coefficient (Wildman–Crippen LogP) is 2.63.